The Balaban J connectivity index is 1.72. The van der Waals surface area contributed by atoms with Crippen LogP contribution in [0.5, 0.6) is 5.75 Å². The number of rotatable bonds is 3. The number of esters is 2. The molecule has 0 bridgehead atoms. The predicted molar refractivity (Wildman–Crippen MR) is 132 cm³/mol. The zero-order valence-electron chi connectivity index (χ0n) is 22.2. The van der Waals surface area contributed by atoms with Crippen LogP contribution in [0.3, 0.4) is 0 Å². The van der Waals surface area contributed by atoms with E-state index in [-0.39, 0.29) is 40.9 Å². The first kappa shape index (κ1) is 25.2. The molecule has 5 nitrogen and oxygen atoms in total. The van der Waals surface area contributed by atoms with E-state index >= 15 is 0 Å². The molecule has 0 aromatic heterocycles. The third-order valence-electron chi connectivity index (χ3n) is 8.13. The summed E-state index contributed by atoms with van der Waals surface area (Å²) in [6.45, 7) is 16.0. The Hall–Kier alpha value is -1.88. The van der Waals surface area contributed by atoms with Crippen LogP contribution in [0.25, 0.3) is 0 Å². The van der Waals surface area contributed by atoms with Gasteiger partial charge in [0.25, 0.3) is 0 Å². The van der Waals surface area contributed by atoms with Crippen molar-refractivity contribution in [3.05, 3.63) is 29.3 Å². The van der Waals surface area contributed by atoms with E-state index in [4.69, 9.17) is 14.2 Å². The lowest BCUT2D eigenvalue weighted by molar-refractivity contribution is -0.169. The average Bonchev–Trinajstić information content (AvgIpc) is 3.00. The van der Waals surface area contributed by atoms with Crippen LogP contribution >= 0.6 is 0 Å². The first-order valence-electron chi connectivity index (χ1n) is 12.9. The van der Waals surface area contributed by atoms with E-state index in [1.165, 1.54) is 12.5 Å². The van der Waals surface area contributed by atoms with Crippen LogP contribution in [-0.2, 0) is 25.5 Å². The molecule has 0 amide bonds. The smallest absolute Gasteiger partial charge is 0.310 e. The van der Waals surface area contributed by atoms with E-state index < -0.39 is 5.60 Å². The summed E-state index contributed by atoms with van der Waals surface area (Å²) in [6.07, 6.45) is 5.08. The van der Waals surface area contributed by atoms with Crippen LogP contribution in [0.4, 0.5) is 0 Å². The van der Waals surface area contributed by atoms with Gasteiger partial charge in [-0.3, -0.25) is 9.59 Å². The van der Waals surface area contributed by atoms with Crippen LogP contribution in [0, 0.1) is 23.2 Å². The summed E-state index contributed by atoms with van der Waals surface area (Å²) in [6, 6.07) is 5.98. The second-order valence-corrected chi connectivity index (χ2v) is 12.9. The van der Waals surface area contributed by atoms with E-state index in [1.54, 1.807) is 0 Å². The van der Waals surface area contributed by atoms with E-state index in [1.807, 2.05) is 32.9 Å². The van der Waals surface area contributed by atoms with Crippen molar-refractivity contribution < 1.29 is 23.8 Å². The fourth-order valence-electron chi connectivity index (χ4n) is 7.03. The van der Waals surface area contributed by atoms with Gasteiger partial charge in [-0.1, -0.05) is 13.0 Å². The van der Waals surface area contributed by atoms with Crippen LogP contribution < -0.4 is 4.74 Å². The Bertz CT molecular complexity index is 952. The Labute approximate surface area is 204 Å². The Morgan fingerprint density at radius 3 is 2.32 bits per heavy atom. The van der Waals surface area contributed by atoms with Gasteiger partial charge in [-0.05, 0) is 120 Å². The lowest BCUT2D eigenvalue weighted by Gasteiger charge is -2.53. The maximum Gasteiger partial charge on any atom is 0.310 e. The van der Waals surface area contributed by atoms with Gasteiger partial charge in [0, 0.05) is 6.92 Å². The minimum atomic E-state index is -0.530. The van der Waals surface area contributed by atoms with Gasteiger partial charge in [0.1, 0.15) is 11.4 Å². The molecule has 0 spiro atoms. The van der Waals surface area contributed by atoms with E-state index in [2.05, 4.69) is 33.8 Å². The summed E-state index contributed by atoms with van der Waals surface area (Å²) < 4.78 is 17.9. The first-order chi connectivity index (χ1) is 15.7. The zero-order valence-corrected chi connectivity index (χ0v) is 22.2. The van der Waals surface area contributed by atoms with Crippen molar-refractivity contribution in [2.45, 2.75) is 111 Å². The minimum Gasteiger partial charge on any atom is -0.460 e. The molecule has 0 N–H and O–H groups in total. The van der Waals surface area contributed by atoms with Crippen molar-refractivity contribution in [1.82, 2.24) is 0 Å². The summed E-state index contributed by atoms with van der Waals surface area (Å²) in [5, 5.41) is 0. The van der Waals surface area contributed by atoms with Gasteiger partial charge in [0.05, 0.1) is 17.6 Å². The molecule has 1 aromatic rings. The van der Waals surface area contributed by atoms with Crippen molar-refractivity contribution in [3.8, 4) is 5.75 Å². The maximum atomic E-state index is 13.6. The molecule has 0 saturated heterocycles. The number of hydrogen-bond acceptors (Lipinski definition) is 5. The fraction of sp³-hybridized carbons (Fsp3) is 0.724. The molecule has 4 rings (SSSR count). The largest absolute Gasteiger partial charge is 0.460 e. The molecule has 1 aromatic carbocycles. The molecule has 2 fully saturated rings. The second kappa shape index (κ2) is 8.65. The summed E-state index contributed by atoms with van der Waals surface area (Å²) in [7, 11) is 0. The number of carbonyl (C=O) groups excluding carboxylic acids is 2. The molecule has 0 heterocycles. The normalized spacial score (nSPS) is 32.9. The minimum absolute atomic E-state index is 0.0594. The monoisotopic (exact) mass is 470 g/mol. The lowest BCUT2D eigenvalue weighted by atomic mass is 9.52. The van der Waals surface area contributed by atoms with Gasteiger partial charge in [-0.25, -0.2) is 0 Å². The Morgan fingerprint density at radius 1 is 1.00 bits per heavy atom. The van der Waals surface area contributed by atoms with Crippen LogP contribution in [0.2, 0.25) is 0 Å². The molecule has 3 aliphatic rings. The SMILES string of the molecule is CC(=O)Oc1ccc2c(c1)C[C@@H](C(=O)OC(C)(C)C)[C@@H]1[C@H]2CC[C@]2(C)[C@@H](OC(C)(C)C)CC[C@@H]12. The highest BCUT2D eigenvalue weighted by molar-refractivity contribution is 5.75. The molecule has 0 unspecified atom stereocenters. The molecule has 2 saturated carbocycles. The van der Waals surface area contributed by atoms with Gasteiger partial charge >= 0.3 is 11.9 Å². The number of ether oxygens (including phenoxy) is 3. The highest BCUT2D eigenvalue weighted by Gasteiger charge is 2.59. The summed E-state index contributed by atoms with van der Waals surface area (Å²) in [5.41, 5.74) is 1.76. The molecular weight excluding hydrogens is 428 g/mol. The van der Waals surface area contributed by atoms with Gasteiger partial charge in [-0.2, -0.15) is 0 Å². The van der Waals surface area contributed by atoms with Crippen molar-refractivity contribution >= 4 is 11.9 Å². The third kappa shape index (κ3) is 4.91. The van der Waals surface area contributed by atoms with Gasteiger partial charge in [0.15, 0.2) is 0 Å². The molecule has 34 heavy (non-hydrogen) atoms. The molecule has 5 heteroatoms. The van der Waals surface area contributed by atoms with Crippen LogP contribution in [-0.4, -0.2) is 29.2 Å². The molecule has 188 valence electrons. The standard InChI is InChI=1S/C29H42O5/c1-17(30)32-19-9-10-20-18(15-19)16-22(26(31)34-28(5,6)7)25-21(20)13-14-29(8)23(25)11-12-24(29)33-27(2,3)4/h9-10,15,21-25H,11-14,16H2,1-8H3/t21-,22+,23-,24-,25-,29-/m0/s1. The number of hydrogen-bond donors (Lipinski definition) is 0. The molecule has 6 atom stereocenters. The topological polar surface area (TPSA) is 61.8 Å². The highest BCUT2D eigenvalue weighted by Crippen LogP contribution is 2.63. The average molecular weight is 471 g/mol. The van der Waals surface area contributed by atoms with Gasteiger partial charge in [-0.15, -0.1) is 0 Å². The third-order valence-corrected chi connectivity index (χ3v) is 8.13. The summed E-state index contributed by atoms with van der Waals surface area (Å²) >= 11 is 0. The fourth-order valence-corrected chi connectivity index (χ4v) is 7.03. The predicted octanol–water partition coefficient (Wildman–Crippen LogP) is 6.22. The summed E-state index contributed by atoms with van der Waals surface area (Å²) in [5.74, 6) is 0.859. The molecule has 0 aliphatic heterocycles. The van der Waals surface area contributed by atoms with Crippen LogP contribution in [0.15, 0.2) is 18.2 Å². The zero-order chi connectivity index (χ0) is 25.1. The van der Waals surface area contributed by atoms with Crippen molar-refractivity contribution in [3.63, 3.8) is 0 Å². The number of benzene rings is 1. The van der Waals surface area contributed by atoms with Gasteiger partial charge in [0.2, 0.25) is 0 Å². The Kier molecular flexibility index (Phi) is 6.42. The van der Waals surface area contributed by atoms with E-state index in [9.17, 15) is 9.59 Å². The van der Waals surface area contributed by atoms with Gasteiger partial charge < -0.3 is 14.2 Å². The molecule has 0 radical (unpaired) electrons. The van der Waals surface area contributed by atoms with E-state index in [0.29, 0.717) is 24.0 Å². The second-order valence-electron chi connectivity index (χ2n) is 12.9. The number of fused-ring (bicyclic) bond motifs is 5. The summed E-state index contributed by atoms with van der Waals surface area (Å²) in [4.78, 5) is 25.1. The quantitative estimate of drug-likeness (QED) is 0.388. The molecule has 3 aliphatic carbocycles. The highest BCUT2D eigenvalue weighted by atomic mass is 16.6. The van der Waals surface area contributed by atoms with Crippen LogP contribution in [0.1, 0.15) is 98.1 Å². The number of carbonyl (C=O) groups is 2. The van der Waals surface area contributed by atoms with Crippen molar-refractivity contribution in [2.24, 2.45) is 23.2 Å². The maximum absolute atomic E-state index is 13.6. The van der Waals surface area contributed by atoms with Crippen molar-refractivity contribution in [2.75, 3.05) is 0 Å². The lowest BCUT2D eigenvalue weighted by Crippen LogP contribution is -2.51. The first-order valence-corrected chi connectivity index (χ1v) is 12.9. The Morgan fingerprint density at radius 2 is 1.71 bits per heavy atom. The molecular formula is C29H42O5. The van der Waals surface area contributed by atoms with E-state index in [0.717, 1.165) is 31.2 Å². The van der Waals surface area contributed by atoms with Crippen molar-refractivity contribution in [1.29, 1.82) is 0 Å².